The van der Waals surface area contributed by atoms with Gasteiger partial charge in [-0.2, -0.15) is 5.26 Å². The normalized spacial score (nSPS) is 29.8. The predicted molar refractivity (Wildman–Crippen MR) is 85.1 cm³/mol. The first-order valence-electron chi connectivity index (χ1n) is 8.84. The van der Waals surface area contributed by atoms with Gasteiger partial charge in [0.25, 0.3) is 0 Å². The molecule has 0 amide bonds. The lowest BCUT2D eigenvalue weighted by Crippen LogP contribution is -2.50. The van der Waals surface area contributed by atoms with Crippen molar-refractivity contribution in [3.63, 3.8) is 0 Å². The SMILES string of the molecule is CC(C#N)(CCCCN1CCN2CCCC2C1)NC1CC1. The fraction of sp³-hybridized carbons (Fsp3) is 0.941. The third kappa shape index (κ3) is 4.18. The molecule has 1 N–H and O–H groups in total. The molecule has 2 aliphatic heterocycles. The van der Waals surface area contributed by atoms with Crippen LogP contribution < -0.4 is 5.32 Å². The van der Waals surface area contributed by atoms with Crippen LogP contribution in [0.5, 0.6) is 0 Å². The first-order valence-corrected chi connectivity index (χ1v) is 8.84. The monoisotopic (exact) mass is 290 g/mol. The van der Waals surface area contributed by atoms with Crippen molar-refractivity contribution in [2.24, 2.45) is 0 Å². The minimum Gasteiger partial charge on any atom is -0.301 e. The van der Waals surface area contributed by atoms with E-state index in [1.165, 1.54) is 64.8 Å². The quantitative estimate of drug-likeness (QED) is 0.728. The lowest BCUT2D eigenvalue weighted by Gasteiger charge is -2.37. The molecular formula is C17H30N4. The molecule has 4 heteroatoms. The van der Waals surface area contributed by atoms with Crippen LogP contribution in [0.3, 0.4) is 0 Å². The van der Waals surface area contributed by atoms with Gasteiger partial charge in [-0.05, 0) is 65.0 Å². The summed E-state index contributed by atoms with van der Waals surface area (Å²) < 4.78 is 0. The third-order valence-electron chi connectivity index (χ3n) is 5.42. The first-order chi connectivity index (χ1) is 10.2. The van der Waals surface area contributed by atoms with Crippen molar-refractivity contribution < 1.29 is 0 Å². The smallest absolute Gasteiger partial charge is 0.104 e. The number of fused-ring (bicyclic) bond motifs is 1. The van der Waals surface area contributed by atoms with Gasteiger partial charge in [0.2, 0.25) is 0 Å². The highest BCUT2D eigenvalue weighted by Gasteiger charge is 2.32. The molecule has 3 aliphatic rings. The van der Waals surface area contributed by atoms with Crippen LogP contribution in [-0.2, 0) is 0 Å². The fourth-order valence-corrected chi connectivity index (χ4v) is 3.91. The van der Waals surface area contributed by atoms with Crippen molar-refractivity contribution in [2.75, 3.05) is 32.7 Å². The summed E-state index contributed by atoms with van der Waals surface area (Å²) in [4.78, 5) is 5.31. The van der Waals surface area contributed by atoms with Crippen molar-refractivity contribution >= 4 is 0 Å². The van der Waals surface area contributed by atoms with Crippen LogP contribution >= 0.6 is 0 Å². The van der Waals surface area contributed by atoms with Gasteiger partial charge in [0, 0.05) is 31.7 Å². The van der Waals surface area contributed by atoms with Crippen LogP contribution in [0.2, 0.25) is 0 Å². The van der Waals surface area contributed by atoms with E-state index in [4.69, 9.17) is 0 Å². The van der Waals surface area contributed by atoms with Gasteiger partial charge < -0.3 is 4.90 Å². The van der Waals surface area contributed by atoms with Gasteiger partial charge in [-0.25, -0.2) is 0 Å². The maximum Gasteiger partial charge on any atom is 0.104 e. The van der Waals surface area contributed by atoms with E-state index in [1.54, 1.807) is 0 Å². The minimum atomic E-state index is -0.300. The summed E-state index contributed by atoms with van der Waals surface area (Å²) in [5.41, 5.74) is -0.300. The molecule has 2 heterocycles. The van der Waals surface area contributed by atoms with Gasteiger partial charge in [-0.15, -0.1) is 0 Å². The second kappa shape index (κ2) is 6.64. The molecule has 0 bridgehead atoms. The second-order valence-electron chi connectivity index (χ2n) is 7.45. The van der Waals surface area contributed by atoms with Crippen LogP contribution in [0.15, 0.2) is 0 Å². The van der Waals surface area contributed by atoms with E-state index in [0.717, 1.165) is 18.9 Å². The third-order valence-corrected chi connectivity index (χ3v) is 5.42. The van der Waals surface area contributed by atoms with E-state index in [9.17, 15) is 5.26 Å². The van der Waals surface area contributed by atoms with Crippen molar-refractivity contribution in [3.8, 4) is 6.07 Å². The van der Waals surface area contributed by atoms with Crippen LogP contribution in [0.25, 0.3) is 0 Å². The van der Waals surface area contributed by atoms with Crippen LogP contribution in [0.1, 0.15) is 51.9 Å². The van der Waals surface area contributed by atoms with Crippen molar-refractivity contribution in [2.45, 2.75) is 69.5 Å². The lowest BCUT2D eigenvalue weighted by atomic mass is 9.96. The molecule has 4 nitrogen and oxygen atoms in total. The summed E-state index contributed by atoms with van der Waals surface area (Å²) in [6, 6.07) is 3.94. The molecular weight excluding hydrogens is 260 g/mol. The summed E-state index contributed by atoms with van der Waals surface area (Å²) in [7, 11) is 0. The van der Waals surface area contributed by atoms with Gasteiger partial charge in [-0.1, -0.05) is 0 Å². The highest BCUT2D eigenvalue weighted by Crippen LogP contribution is 2.25. The Morgan fingerprint density at radius 3 is 2.81 bits per heavy atom. The van der Waals surface area contributed by atoms with Gasteiger partial charge in [0.15, 0.2) is 0 Å². The number of unbranched alkanes of at least 4 members (excludes halogenated alkanes) is 1. The molecule has 2 unspecified atom stereocenters. The Kier molecular flexibility index (Phi) is 4.83. The molecule has 0 spiro atoms. The topological polar surface area (TPSA) is 42.3 Å². The van der Waals surface area contributed by atoms with E-state index < -0.39 is 0 Å². The van der Waals surface area contributed by atoms with Gasteiger partial charge in [-0.3, -0.25) is 10.2 Å². The summed E-state index contributed by atoms with van der Waals surface area (Å²) >= 11 is 0. The maximum atomic E-state index is 9.38. The highest BCUT2D eigenvalue weighted by atomic mass is 15.3. The zero-order valence-electron chi connectivity index (χ0n) is 13.5. The Morgan fingerprint density at radius 2 is 2.05 bits per heavy atom. The van der Waals surface area contributed by atoms with E-state index in [0.29, 0.717) is 6.04 Å². The number of hydrogen-bond donors (Lipinski definition) is 1. The predicted octanol–water partition coefficient (Wildman–Crippen LogP) is 1.97. The van der Waals surface area contributed by atoms with Gasteiger partial charge in [0.05, 0.1) is 6.07 Å². The Balaban J connectivity index is 1.33. The van der Waals surface area contributed by atoms with Crippen LogP contribution in [-0.4, -0.2) is 60.1 Å². The van der Waals surface area contributed by atoms with Gasteiger partial charge in [0.1, 0.15) is 5.54 Å². The number of nitriles is 1. The number of piperazine rings is 1. The second-order valence-corrected chi connectivity index (χ2v) is 7.45. The summed E-state index contributed by atoms with van der Waals surface area (Å²) in [5, 5.41) is 12.9. The molecule has 3 rings (SSSR count). The Morgan fingerprint density at radius 1 is 1.19 bits per heavy atom. The Hall–Kier alpha value is -0.630. The Labute approximate surface area is 129 Å². The van der Waals surface area contributed by atoms with E-state index in [1.807, 2.05) is 0 Å². The molecule has 0 aromatic carbocycles. The van der Waals surface area contributed by atoms with Crippen molar-refractivity contribution in [1.29, 1.82) is 5.26 Å². The van der Waals surface area contributed by atoms with Crippen molar-refractivity contribution in [1.82, 2.24) is 15.1 Å². The molecule has 0 aromatic rings. The first kappa shape index (κ1) is 15.3. The molecule has 2 saturated heterocycles. The number of hydrogen-bond acceptors (Lipinski definition) is 4. The van der Waals surface area contributed by atoms with Gasteiger partial charge >= 0.3 is 0 Å². The molecule has 0 aromatic heterocycles. The Bertz CT molecular complexity index is 387. The summed E-state index contributed by atoms with van der Waals surface area (Å²) in [5.74, 6) is 0. The summed E-state index contributed by atoms with van der Waals surface area (Å²) in [6.07, 6.45) is 8.68. The number of nitrogens with zero attached hydrogens (tertiary/aromatic N) is 3. The average Bonchev–Trinajstić information content (AvgIpc) is 3.17. The zero-order chi connectivity index (χ0) is 14.7. The molecule has 21 heavy (non-hydrogen) atoms. The maximum absolute atomic E-state index is 9.38. The van der Waals surface area contributed by atoms with Crippen molar-refractivity contribution in [3.05, 3.63) is 0 Å². The zero-order valence-corrected chi connectivity index (χ0v) is 13.5. The number of nitrogens with one attached hydrogen (secondary N) is 1. The fourth-order valence-electron chi connectivity index (χ4n) is 3.91. The molecule has 3 fully saturated rings. The molecule has 118 valence electrons. The van der Waals surface area contributed by atoms with Crippen LogP contribution in [0, 0.1) is 11.3 Å². The van der Waals surface area contributed by atoms with E-state index >= 15 is 0 Å². The van der Waals surface area contributed by atoms with E-state index in [-0.39, 0.29) is 5.54 Å². The van der Waals surface area contributed by atoms with E-state index in [2.05, 4.69) is 28.1 Å². The molecule has 1 saturated carbocycles. The molecule has 0 radical (unpaired) electrons. The summed E-state index contributed by atoms with van der Waals surface area (Å²) in [6.45, 7) is 8.40. The van der Waals surface area contributed by atoms with Crippen LogP contribution in [0.4, 0.5) is 0 Å². The standard InChI is InChI=1S/C17H30N4/c1-17(14-18,19-15-6-7-15)8-2-3-9-20-11-12-21-10-4-5-16(21)13-20/h15-16,19H,2-13H2,1H3. The minimum absolute atomic E-state index is 0.300. The average molecular weight is 290 g/mol. The highest BCUT2D eigenvalue weighted by molar-refractivity contribution is 5.06. The molecule has 2 atom stereocenters. The lowest BCUT2D eigenvalue weighted by molar-refractivity contribution is 0.103. The molecule has 1 aliphatic carbocycles. The largest absolute Gasteiger partial charge is 0.301 e. The number of rotatable bonds is 7.